The highest BCUT2D eigenvalue weighted by atomic mass is 127. The number of nitrogens with zero attached hydrogens (tertiary/aromatic N) is 4. The van der Waals surface area contributed by atoms with E-state index in [0.29, 0.717) is 93.1 Å². The number of carbonyl (C=O) groups is 1. The van der Waals surface area contributed by atoms with Gasteiger partial charge in [0.2, 0.25) is 11.9 Å². The number of aromatic nitrogens is 2. The van der Waals surface area contributed by atoms with Crippen LogP contribution in [0.4, 0.5) is 23.1 Å². The summed E-state index contributed by atoms with van der Waals surface area (Å²) in [6.45, 7) is 5.86. The number of hydrogen-bond donors (Lipinski definition) is 3. The van der Waals surface area contributed by atoms with Crippen molar-refractivity contribution in [3.63, 3.8) is 0 Å². The highest BCUT2D eigenvalue weighted by Crippen LogP contribution is 2.46. The normalized spacial score (nSPS) is 16.8. The van der Waals surface area contributed by atoms with Crippen LogP contribution in [0.1, 0.15) is 24.8 Å². The third-order valence-electron chi connectivity index (χ3n) is 10.2. The summed E-state index contributed by atoms with van der Waals surface area (Å²) in [7, 11) is -0.161. The first kappa shape index (κ1) is 42.1. The van der Waals surface area contributed by atoms with Crippen LogP contribution in [0.3, 0.4) is 0 Å². The van der Waals surface area contributed by atoms with Crippen LogP contribution < -0.4 is 25.6 Å². The fraction of sp³-hybridized carbons (Fsp3) is 0.357. The summed E-state index contributed by atoms with van der Waals surface area (Å²) in [6, 6.07) is 27.9. The second-order valence-corrected chi connectivity index (χ2v) is 16.7. The van der Waals surface area contributed by atoms with E-state index in [1.54, 1.807) is 36.5 Å². The van der Waals surface area contributed by atoms with Crippen LogP contribution >= 0.6 is 22.6 Å². The Balaban J connectivity index is 1.27. The lowest BCUT2D eigenvalue weighted by Crippen LogP contribution is -2.55. The van der Waals surface area contributed by atoms with Crippen LogP contribution in [0.2, 0.25) is 0 Å². The minimum atomic E-state index is -4.01. The molecule has 4 aromatic carbocycles. The molecule has 1 aliphatic rings. The lowest BCUT2D eigenvalue weighted by atomic mass is 9.80. The fourth-order valence-corrected chi connectivity index (χ4v) is 8.90. The van der Waals surface area contributed by atoms with Crippen molar-refractivity contribution < 1.29 is 27.4 Å². The lowest BCUT2D eigenvalue weighted by Gasteiger charge is -2.38. The quantitative estimate of drug-likeness (QED) is 0.0457. The molecule has 13 nitrogen and oxygen atoms in total. The molecule has 5 aromatic rings. The second-order valence-electron chi connectivity index (χ2n) is 14.0. The number of nitrogens with one attached hydrogen (secondary N) is 2. The van der Waals surface area contributed by atoms with Gasteiger partial charge in [-0.2, -0.15) is 4.98 Å². The molecule has 0 saturated carbocycles. The summed E-state index contributed by atoms with van der Waals surface area (Å²) in [5, 5.41) is 4.70. The number of amides is 1. The Morgan fingerprint density at radius 2 is 1.60 bits per heavy atom. The maximum absolute atomic E-state index is 14.0. The molecule has 0 spiro atoms. The van der Waals surface area contributed by atoms with Crippen molar-refractivity contribution in [3.05, 3.63) is 103 Å². The largest absolute Gasteiger partial charge is 0.378 e. The van der Waals surface area contributed by atoms with Crippen LogP contribution in [0.15, 0.2) is 102 Å². The molecule has 2 heterocycles. The number of halogens is 1. The third-order valence-corrected chi connectivity index (χ3v) is 12.0. The van der Waals surface area contributed by atoms with Gasteiger partial charge in [-0.25, -0.2) is 13.4 Å². The van der Waals surface area contributed by atoms with Gasteiger partial charge in [-0.05, 0) is 48.7 Å². The van der Waals surface area contributed by atoms with E-state index in [2.05, 4.69) is 37.6 Å². The van der Waals surface area contributed by atoms with Crippen LogP contribution in [0.5, 0.6) is 0 Å². The number of ether oxygens (including phenoxy) is 3. The summed E-state index contributed by atoms with van der Waals surface area (Å²) in [5.41, 5.74) is 8.67. The van der Waals surface area contributed by atoms with Gasteiger partial charge in [0.1, 0.15) is 11.4 Å². The molecular weight excluding hydrogens is 857 g/mol. The Morgan fingerprint density at radius 1 is 0.912 bits per heavy atom. The molecule has 2 atom stereocenters. The number of primary amides is 1. The summed E-state index contributed by atoms with van der Waals surface area (Å²) in [5.74, 6) is 0.169. The molecule has 0 radical (unpaired) electrons. The molecule has 0 aliphatic carbocycles. The number of anilines is 4. The first-order chi connectivity index (χ1) is 27.5. The Labute approximate surface area is 348 Å². The minimum absolute atomic E-state index is 0.170. The zero-order chi connectivity index (χ0) is 40.4. The van der Waals surface area contributed by atoms with E-state index in [4.69, 9.17) is 24.9 Å². The smallest absolute Gasteiger partial charge is 0.262 e. The molecule has 6 rings (SSSR count). The van der Waals surface area contributed by atoms with E-state index in [-0.39, 0.29) is 10.8 Å². The van der Waals surface area contributed by atoms with Gasteiger partial charge < -0.3 is 35.1 Å². The molecular formula is C42H50IN7O6S. The lowest BCUT2D eigenvalue weighted by molar-refractivity contribution is -0.122. The Kier molecular flexibility index (Phi) is 14.2. The van der Waals surface area contributed by atoms with Gasteiger partial charge in [0.05, 0.1) is 44.5 Å². The minimum Gasteiger partial charge on any atom is -0.378 e. The van der Waals surface area contributed by atoms with Gasteiger partial charge in [-0.1, -0.05) is 89.3 Å². The third kappa shape index (κ3) is 9.77. The van der Waals surface area contributed by atoms with Gasteiger partial charge in [-0.15, -0.1) is 0 Å². The predicted octanol–water partition coefficient (Wildman–Crippen LogP) is 6.30. The van der Waals surface area contributed by atoms with Crippen molar-refractivity contribution in [1.29, 1.82) is 0 Å². The number of nitrogens with two attached hydrogens (primary N) is 1. The highest BCUT2D eigenvalue weighted by Gasteiger charge is 2.51. The van der Waals surface area contributed by atoms with Gasteiger partial charge >= 0.3 is 0 Å². The molecule has 1 aliphatic heterocycles. The molecule has 0 bridgehead atoms. The molecule has 1 amide bonds. The van der Waals surface area contributed by atoms with E-state index >= 15 is 0 Å². The average molecular weight is 908 g/mol. The molecule has 2 unspecified atom stereocenters. The summed E-state index contributed by atoms with van der Waals surface area (Å²) < 4.78 is 48.5. The summed E-state index contributed by atoms with van der Waals surface area (Å²) in [4.78, 5) is 27.2. The summed E-state index contributed by atoms with van der Waals surface area (Å²) >= 11 is 2.27. The molecule has 1 fully saturated rings. The first-order valence-electron chi connectivity index (χ1n) is 18.9. The van der Waals surface area contributed by atoms with Crippen LogP contribution in [-0.2, 0) is 29.0 Å². The second kappa shape index (κ2) is 19.3. The fourth-order valence-electron chi connectivity index (χ4n) is 7.31. The van der Waals surface area contributed by atoms with Crippen molar-refractivity contribution in [1.82, 2.24) is 9.97 Å². The average Bonchev–Trinajstić information content (AvgIpc) is 3.57. The SMILES string of the molecule is CN(C)c1cccc2c(S(=O)(=O)Nc3cccc(-c4cnc(NCCOCCOCCOCCI)nc4N4CCC(c5ccccc5)C4(C)C(N)=O)c3)cccc12. The number of alkyl halides is 1. The Morgan fingerprint density at radius 3 is 2.32 bits per heavy atom. The van der Waals surface area contributed by atoms with Gasteiger partial charge in [0.15, 0.2) is 0 Å². The molecule has 57 heavy (non-hydrogen) atoms. The van der Waals surface area contributed by atoms with E-state index in [0.717, 1.165) is 21.1 Å². The maximum Gasteiger partial charge on any atom is 0.262 e. The monoisotopic (exact) mass is 907 g/mol. The molecule has 15 heteroatoms. The summed E-state index contributed by atoms with van der Waals surface area (Å²) in [6.07, 6.45) is 2.36. The zero-order valence-corrected chi connectivity index (χ0v) is 35.5. The van der Waals surface area contributed by atoms with Crippen molar-refractivity contribution in [2.45, 2.75) is 29.7 Å². The first-order valence-corrected chi connectivity index (χ1v) is 21.9. The molecule has 1 aromatic heterocycles. The van der Waals surface area contributed by atoms with Crippen molar-refractivity contribution in [3.8, 4) is 11.1 Å². The van der Waals surface area contributed by atoms with Crippen molar-refractivity contribution >= 4 is 72.4 Å². The van der Waals surface area contributed by atoms with Crippen LogP contribution in [-0.4, -0.2) is 101 Å². The Bertz CT molecular complexity index is 2250. The highest BCUT2D eigenvalue weighted by molar-refractivity contribution is 14.1. The van der Waals surface area contributed by atoms with Crippen LogP contribution in [0.25, 0.3) is 21.9 Å². The standard InChI is InChI=1S/C42H50IN7O6S/c1-42(40(44)51)36(30-10-5-4-6-11-30)18-21-50(42)39-35(29-46-41(47-39)45-20-23-55-25-27-56-26-24-54-22-19-43)31-12-7-13-32(28-31)48-57(52,53)38-17-9-14-33-34(38)15-8-16-37(33)49(2)3/h4-17,28-29,36,48H,18-27H2,1-3H3,(H2,44,51)(H,45,46,47). The number of fused-ring (bicyclic) bond motifs is 1. The van der Waals surface area contributed by atoms with Crippen LogP contribution in [0, 0.1) is 0 Å². The molecule has 302 valence electrons. The maximum atomic E-state index is 14.0. The van der Waals surface area contributed by atoms with Gasteiger partial charge in [0.25, 0.3) is 10.0 Å². The van der Waals surface area contributed by atoms with Gasteiger partial charge in [-0.3, -0.25) is 9.52 Å². The zero-order valence-electron chi connectivity index (χ0n) is 32.5. The number of rotatable bonds is 20. The molecule has 4 N–H and O–H groups in total. The predicted molar refractivity (Wildman–Crippen MR) is 235 cm³/mol. The van der Waals surface area contributed by atoms with E-state index in [9.17, 15) is 13.2 Å². The van der Waals surface area contributed by atoms with E-state index in [1.807, 2.05) is 91.5 Å². The number of hydrogen-bond acceptors (Lipinski definition) is 11. The number of benzene rings is 4. The molecule has 1 saturated heterocycles. The Hall–Kier alpha value is -4.55. The van der Waals surface area contributed by atoms with Crippen molar-refractivity contribution in [2.75, 3.05) is 91.1 Å². The van der Waals surface area contributed by atoms with E-state index in [1.165, 1.54) is 0 Å². The van der Waals surface area contributed by atoms with E-state index < -0.39 is 21.5 Å². The van der Waals surface area contributed by atoms with Crippen molar-refractivity contribution in [2.24, 2.45) is 5.73 Å². The number of carbonyl (C=O) groups excluding carboxylic acids is 1. The van der Waals surface area contributed by atoms with Gasteiger partial charge in [0, 0.05) is 71.4 Å². The topological polar surface area (TPSA) is 161 Å². The number of sulfonamides is 1.